The number of nitrogens with one attached hydrogen (secondary N) is 8. The molecule has 0 aliphatic carbocycles. The summed E-state index contributed by atoms with van der Waals surface area (Å²) in [5.41, 5.74) is 3.61. The van der Waals surface area contributed by atoms with Gasteiger partial charge in [0.1, 0.15) is 15.6 Å². The summed E-state index contributed by atoms with van der Waals surface area (Å²) in [6.45, 7) is 9.90. The van der Waals surface area contributed by atoms with Crippen LogP contribution in [-0.4, -0.2) is 98.2 Å². The summed E-state index contributed by atoms with van der Waals surface area (Å²) in [4.78, 5) is 79.7. The van der Waals surface area contributed by atoms with Crippen LogP contribution in [0.25, 0.3) is 0 Å². The maximum absolute atomic E-state index is 11.8. The molecule has 8 amide bonds. The Morgan fingerprint density at radius 1 is 0.500 bits per heavy atom. The van der Waals surface area contributed by atoms with Crippen molar-refractivity contribution in [2.45, 2.75) is 65.6 Å². The number of rotatable bonds is 22. The predicted octanol–water partition coefficient (Wildman–Crippen LogP) is 12.4. The fourth-order valence-corrected chi connectivity index (χ4v) is 8.92. The average molecular weight is 1380 g/mol. The Morgan fingerprint density at radius 2 is 0.838 bits per heavy atom. The number of carboxylic acids is 2. The molecule has 19 nitrogen and oxygen atoms in total. The number of carbonyl (C=O) groups is 7. The van der Waals surface area contributed by atoms with Gasteiger partial charge in [-0.3, -0.25) is 14.4 Å². The molecule has 434 valence electrons. The van der Waals surface area contributed by atoms with Gasteiger partial charge in [0.2, 0.25) is 0 Å². The summed E-state index contributed by atoms with van der Waals surface area (Å²) in [5.74, 6) is -2.86. The van der Waals surface area contributed by atoms with Crippen LogP contribution in [0, 0.1) is 23.7 Å². The van der Waals surface area contributed by atoms with Gasteiger partial charge < -0.3 is 52.7 Å². The van der Waals surface area contributed by atoms with Crippen LogP contribution in [-0.2, 0) is 30.6 Å². The van der Waals surface area contributed by atoms with Crippen LogP contribution in [0.1, 0.15) is 59.4 Å². The second-order valence-corrected chi connectivity index (χ2v) is 24.5. The summed E-state index contributed by atoms with van der Waals surface area (Å²) >= 11 is 13.2. The maximum atomic E-state index is 11.8. The van der Waals surface area contributed by atoms with Gasteiger partial charge in [0.25, 0.3) is 0 Å². The number of benzene rings is 5. The van der Waals surface area contributed by atoms with Crippen molar-refractivity contribution in [3.8, 4) is 0 Å². The first kappa shape index (κ1) is 69.8. The van der Waals surface area contributed by atoms with Gasteiger partial charge in [-0.15, -0.1) is 0 Å². The predicted molar refractivity (Wildman–Crippen MR) is 330 cm³/mol. The Kier molecular flexibility index (Phi) is 32.8. The van der Waals surface area contributed by atoms with Gasteiger partial charge in [-0.25, -0.2) is 27.6 Å². The highest BCUT2D eigenvalue weighted by Gasteiger charge is 2.22. The SMILES string of the molecule is CC(=O)C(C)CNC(=O)Nc1ccc(Br)cc1.CC(C)CC(CCNC(=O)Nc1ccc(Br)cc1)S(C)(=O)=O.CCC(CNC(=O)Nc1ccc(Br)cc1)C(=O)O.O=C(NCC(Cc1ccccc1)C(=O)O)Nc1ccc(Br)cc1. The molecule has 0 aliphatic rings. The molecule has 0 bridgehead atoms. The van der Waals surface area contributed by atoms with Crippen molar-refractivity contribution in [3.63, 3.8) is 0 Å². The molecule has 0 aliphatic heterocycles. The van der Waals surface area contributed by atoms with Crippen molar-refractivity contribution in [3.05, 3.63) is 151 Å². The number of amides is 8. The smallest absolute Gasteiger partial charge is 0.319 e. The topological polar surface area (TPSA) is 290 Å². The van der Waals surface area contributed by atoms with Crippen molar-refractivity contribution in [1.82, 2.24) is 21.3 Å². The van der Waals surface area contributed by atoms with Gasteiger partial charge in [-0.05, 0) is 141 Å². The fourth-order valence-electron chi connectivity index (χ4n) is 6.59. The first-order valence-electron chi connectivity index (χ1n) is 25.1. The molecule has 0 aromatic heterocycles. The monoisotopic (exact) mass is 1380 g/mol. The van der Waals surface area contributed by atoms with E-state index >= 15 is 0 Å². The van der Waals surface area contributed by atoms with Gasteiger partial charge in [-0.2, -0.15) is 0 Å². The summed E-state index contributed by atoms with van der Waals surface area (Å²) in [5, 5.41) is 38.9. The zero-order valence-electron chi connectivity index (χ0n) is 45.2. The van der Waals surface area contributed by atoms with Crippen molar-refractivity contribution in [2.24, 2.45) is 23.7 Å². The van der Waals surface area contributed by atoms with Crippen LogP contribution in [0.15, 0.2) is 145 Å². The molecule has 10 N–H and O–H groups in total. The highest BCUT2D eigenvalue weighted by molar-refractivity contribution is 9.11. The Labute approximate surface area is 501 Å². The number of carboxylic acid groups (broad SMARTS) is 2. The summed E-state index contributed by atoms with van der Waals surface area (Å²) < 4.78 is 27.2. The molecule has 24 heteroatoms. The van der Waals surface area contributed by atoms with Crippen LogP contribution in [0.5, 0.6) is 0 Å². The number of Topliss-reactive ketones (excluding diaryl/α,β-unsaturated/α-hetero) is 1. The number of anilines is 4. The first-order valence-corrected chi connectivity index (χ1v) is 30.3. The fraction of sp³-hybridized carbons (Fsp3) is 0.339. The Morgan fingerprint density at radius 3 is 1.15 bits per heavy atom. The Bertz CT molecular complexity index is 2840. The number of hydrogen-bond donors (Lipinski definition) is 10. The van der Waals surface area contributed by atoms with Crippen molar-refractivity contribution in [1.29, 1.82) is 0 Å². The van der Waals surface area contributed by atoms with Crippen LogP contribution >= 0.6 is 63.7 Å². The molecule has 0 radical (unpaired) electrons. The number of carbonyl (C=O) groups excluding carboxylic acids is 5. The third-order valence-electron chi connectivity index (χ3n) is 11.3. The quantitative estimate of drug-likeness (QED) is 0.0311. The lowest BCUT2D eigenvalue weighted by Gasteiger charge is -2.17. The van der Waals surface area contributed by atoms with E-state index < -0.39 is 50.9 Å². The number of halogens is 4. The van der Waals surface area contributed by atoms with Crippen LogP contribution in [0.2, 0.25) is 0 Å². The normalized spacial score (nSPS) is 12.0. The van der Waals surface area contributed by atoms with E-state index in [0.29, 0.717) is 67.4 Å². The van der Waals surface area contributed by atoms with E-state index in [1.54, 1.807) is 62.4 Å². The molecular formula is C56H70Br4N8O11S. The highest BCUT2D eigenvalue weighted by atomic mass is 79.9. The maximum Gasteiger partial charge on any atom is 0.319 e. The van der Waals surface area contributed by atoms with E-state index in [9.17, 15) is 47.1 Å². The molecule has 4 atom stereocenters. The molecule has 0 saturated heterocycles. The minimum atomic E-state index is -3.10. The lowest BCUT2D eigenvalue weighted by molar-refractivity contribution is -0.142. The van der Waals surface area contributed by atoms with Gasteiger partial charge in [-0.1, -0.05) is 122 Å². The second-order valence-electron chi connectivity index (χ2n) is 18.5. The van der Waals surface area contributed by atoms with E-state index in [0.717, 1.165) is 23.5 Å². The molecule has 0 spiro atoms. The minimum absolute atomic E-state index is 0.0621. The Balaban J connectivity index is 0.000000367. The number of aliphatic carboxylic acids is 2. The third kappa shape index (κ3) is 31.5. The lowest BCUT2D eigenvalue weighted by atomic mass is 9.99. The number of hydrogen-bond acceptors (Lipinski definition) is 9. The molecular weight excluding hydrogens is 1310 g/mol. The highest BCUT2D eigenvalue weighted by Crippen LogP contribution is 2.19. The van der Waals surface area contributed by atoms with Gasteiger partial charge in [0.05, 0.1) is 17.1 Å². The average Bonchev–Trinajstić information content (AvgIpc) is 3.40. The molecule has 0 saturated carbocycles. The molecule has 80 heavy (non-hydrogen) atoms. The molecule has 5 aromatic rings. The van der Waals surface area contributed by atoms with Crippen molar-refractivity contribution in [2.75, 3.05) is 53.7 Å². The summed E-state index contributed by atoms with van der Waals surface area (Å²) in [7, 11) is -3.10. The minimum Gasteiger partial charge on any atom is -0.481 e. The van der Waals surface area contributed by atoms with Crippen LogP contribution in [0.3, 0.4) is 0 Å². The standard InChI is InChI=1S/C17H17BrN2O3.C15H23BrN2O3S.C12H15BrN2O3.C12H15BrN2O2/c18-14-6-8-15(9-7-14)20-17(23)19-11-13(16(21)22)10-12-4-2-1-3-5-12;1-11(2)10-14(22(3,20)21)8-9-17-15(19)18-13-6-4-12(16)5-7-13;1-2-8(11(16)17)7-14-12(18)15-10-5-3-9(13)4-6-10;1-8(9(2)16)7-14-12(17)15-11-5-3-10(13)4-6-11/h1-9,13H,10-11H2,(H,21,22)(H2,19,20,23);4-7,11,14H,8-10H2,1-3H3,(H2,17,18,19);3-6,8H,2,7H2,1H3,(H,16,17)(H2,14,15,18);3-6,8H,7H2,1-2H3,(H2,14,15,17). The number of ketones is 1. The first-order chi connectivity index (χ1) is 37.7. The number of sulfone groups is 1. The summed E-state index contributed by atoms with van der Waals surface area (Å²) in [6.07, 6.45) is 3.13. The van der Waals surface area contributed by atoms with Gasteiger partial charge in [0.15, 0.2) is 0 Å². The molecule has 0 heterocycles. The van der Waals surface area contributed by atoms with E-state index in [-0.39, 0.29) is 36.9 Å². The lowest BCUT2D eigenvalue weighted by Crippen LogP contribution is -2.36. The van der Waals surface area contributed by atoms with E-state index in [4.69, 9.17) is 5.11 Å². The number of urea groups is 4. The van der Waals surface area contributed by atoms with Crippen molar-refractivity contribution < 1.29 is 52.2 Å². The van der Waals surface area contributed by atoms with Crippen LogP contribution in [0.4, 0.5) is 41.9 Å². The Hall–Kier alpha value is -6.34. The molecule has 5 aromatic carbocycles. The van der Waals surface area contributed by atoms with Crippen LogP contribution < -0.4 is 42.5 Å². The van der Waals surface area contributed by atoms with Crippen molar-refractivity contribution >= 4 is 138 Å². The van der Waals surface area contributed by atoms with E-state index in [1.807, 2.05) is 92.7 Å². The second kappa shape index (κ2) is 37.6. The molecule has 5 rings (SSSR count). The third-order valence-corrected chi connectivity index (χ3v) is 15.1. The zero-order chi connectivity index (χ0) is 59.8. The zero-order valence-corrected chi connectivity index (χ0v) is 52.3. The van der Waals surface area contributed by atoms with Gasteiger partial charge >= 0.3 is 36.1 Å². The molecule has 0 fully saturated rings. The van der Waals surface area contributed by atoms with E-state index in [2.05, 4.69) is 106 Å². The molecule has 4 unspecified atom stereocenters. The summed E-state index contributed by atoms with van der Waals surface area (Å²) in [6, 6.07) is 36.6. The van der Waals surface area contributed by atoms with E-state index in [1.165, 1.54) is 13.2 Å². The largest absolute Gasteiger partial charge is 0.481 e. The van der Waals surface area contributed by atoms with Gasteiger partial charge in [0, 0.05) is 79.0 Å².